The van der Waals surface area contributed by atoms with Gasteiger partial charge in [0, 0.05) is 10.0 Å². The van der Waals surface area contributed by atoms with Crippen LogP contribution in [0.3, 0.4) is 0 Å². The quantitative estimate of drug-likeness (QED) is 0.809. The molecule has 0 radical (unpaired) electrons. The summed E-state index contributed by atoms with van der Waals surface area (Å²) in [6.07, 6.45) is 0. The molecular weight excluding hydrogens is 316 g/mol. The molecule has 0 spiro atoms. The van der Waals surface area contributed by atoms with Crippen LogP contribution < -0.4 is 11.1 Å². The molecule has 2 aromatic rings. The Morgan fingerprint density at radius 3 is 2.45 bits per heavy atom. The molecule has 0 aliphatic carbocycles. The Morgan fingerprint density at radius 1 is 1.10 bits per heavy atom. The van der Waals surface area contributed by atoms with Gasteiger partial charge in [0.2, 0.25) is 0 Å². The molecule has 0 aliphatic heterocycles. The van der Waals surface area contributed by atoms with Crippen LogP contribution in [0, 0.1) is 20.8 Å². The molecule has 0 fully saturated rings. The largest absolute Gasteiger partial charge is 0.397 e. The van der Waals surface area contributed by atoms with E-state index in [1.165, 1.54) is 0 Å². The number of carbonyl (C=O) groups is 1. The summed E-state index contributed by atoms with van der Waals surface area (Å²) in [5.74, 6) is -0.143. The molecule has 0 saturated heterocycles. The van der Waals surface area contributed by atoms with E-state index in [1.807, 2.05) is 45.0 Å². The smallest absolute Gasteiger partial charge is 0.255 e. The highest BCUT2D eigenvalue weighted by Gasteiger charge is 2.13. The molecule has 4 heteroatoms. The van der Waals surface area contributed by atoms with Crippen LogP contribution in [-0.4, -0.2) is 5.91 Å². The van der Waals surface area contributed by atoms with Crippen LogP contribution in [0.15, 0.2) is 34.8 Å². The number of benzene rings is 2. The van der Waals surface area contributed by atoms with Crippen LogP contribution >= 0.6 is 15.9 Å². The lowest BCUT2D eigenvalue weighted by molar-refractivity contribution is 0.102. The molecule has 0 aliphatic rings. The number of halogens is 1. The first-order chi connectivity index (χ1) is 9.40. The number of carbonyl (C=O) groups excluding carboxylic acids is 1. The van der Waals surface area contributed by atoms with Crippen molar-refractivity contribution >= 4 is 33.2 Å². The van der Waals surface area contributed by atoms with Crippen molar-refractivity contribution in [3.63, 3.8) is 0 Å². The number of anilines is 2. The molecule has 104 valence electrons. The number of amides is 1. The molecular formula is C16H17BrN2O. The fourth-order valence-electron chi connectivity index (χ4n) is 2.07. The highest BCUT2D eigenvalue weighted by molar-refractivity contribution is 9.10. The lowest BCUT2D eigenvalue weighted by Gasteiger charge is -2.14. The zero-order chi connectivity index (χ0) is 14.9. The second-order valence-electron chi connectivity index (χ2n) is 4.89. The molecule has 1 amide bonds. The number of hydrogen-bond donors (Lipinski definition) is 2. The number of aryl methyl sites for hydroxylation is 2. The van der Waals surface area contributed by atoms with Crippen molar-refractivity contribution in [2.24, 2.45) is 0 Å². The van der Waals surface area contributed by atoms with E-state index in [-0.39, 0.29) is 5.91 Å². The van der Waals surface area contributed by atoms with E-state index in [2.05, 4.69) is 21.2 Å². The SMILES string of the molecule is Cc1cc(Br)ccc1C(=O)Nc1c(N)ccc(C)c1C. The lowest BCUT2D eigenvalue weighted by Crippen LogP contribution is -2.15. The van der Waals surface area contributed by atoms with Gasteiger partial charge in [0.25, 0.3) is 5.91 Å². The maximum absolute atomic E-state index is 12.4. The van der Waals surface area contributed by atoms with Gasteiger partial charge in [0.15, 0.2) is 0 Å². The number of nitrogen functional groups attached to an aromatic ring is 1. The first-order valence-electron chi connectivity index (χ1n) is 6.33. The molecule has 0 bridgehead atoms. The van der Waals surface area contributed by atoms with Gasteiger partial charge in [-0.1, -0.05) is 22.0 Å². The van der Waals surface area contributed by atoms with Gasteiger partial charge in [-0.2, -0.15) is 0 Å². The van der Waals surface area contributed by atoms with E-state index in [1.54, 1.807) is 6.07 Å². The maximum atomic E-state index is 12.4. The van der Waals surface area contributed by atoms with E-state index in [0.717, 1.165) is 21.2 Å². The number of nitrogens with one attached hydrogen (secondary N) is 1. The fraction of sp³-hybridized carbons (Fsp3) is 0.188. The Morgan fingerprint density at radius 2 is 1.80 bits per heavy atom. The second-order valence-corrected chi connectivity index (χ2v) is 5.80. The topological polar surface area (TPSA) is 55.1 Å². The Balaban J connectivity index is 2.35. The normalized spacial score (nSPS) is 10.4. The molecule has 2 rings (SSSR count). The van der Waals surface area contributed by atoms with E-state index in [0.29, 0.717) is 16.9 Å². The van der Waals surface area contributed by atoms with Gasteiger partial charge in [0.1, 0.15) is 0 Å². The van der Waals surface area contributed by atoms with Crippen molar-refractivity contribution in [3.8, 4) is 0 Å². The van der Waals surface area contributed by atoms with Crippen molar-refractivity contribution in [1.82, 2.24) is 0 Å². The molecule has 0 heterocycles. The predicted octanol–water partition coefficient (Wildman–Crippen LogP) is 4.21. The van der Waals surface area contributed by atoms with Gasteiger partial charge in [-0.25, -0.2) is 0 Å². The van der Waals surface area contributed by atoms with Gasteiger partial charge in [0.05, 0.1) is 11.4 Å². The monoisotopic (exact) mass is 332 g/mol. The average molecular weight is 333 g/mol. The maximum Gasteiger partial charge on any atom is 0.255 e. The van der Waals surface area contributed by atoms with Crippen LogP contribution in [0.2, 0.25) is 0 Å². The Bertz CT molecular complexity index is 680. The molecule has 0 unspecified atom stereocenters. The lowest BCUT2D eigenvalue weighted by atomic mass is 10.0. The van der Waals surface area contributed by atoms with Gasteiger partial charge >= 0.3 is 0 Å². The Kier molecular flexibility index (Phi) is 4.14. The minimum Gasteiger partial charge on any atom is -0.397 e. The van der Waals surface area contributed by atoms with E-state index in [4.69, 9.17) is 5.73 Å². The summed E-state index contributed by atoms with van der Waals surface area (Å²) in [6, 6.07) is 9.34. The standard InChI is InChI=1S/C16H17BrN2O/c1-9-4-7-14(18)15(11(9)3)19-16(20)13-6-5-12(17)8-10(13)2/h4-8H,18H2,1-3H3,(H,19,20). The van der Waals surface area contributed by atoms with Crippen molar-refractivity contribution < 1.29 is 4.79 Å². The zero-order valence-electron chi connectivity index (χ0n) is 11.8. The van der Waals surface area contributed by atoms with Crippen molar-refractivity contribution in [2.45, 2.75) is 20.8 Å². The Hall–Kier alpha value is -1.81. The van der Waals surface area contributed by atoms with Crippen molar-refractivity contribution in [1.29, 1.82) is 0 Å². The summed E-state index contributed by atoms with van der Waals surface area (Å²) in [7, 11) is 0. The fourth-order valence-corrected chi connectivity index (χ4v) is 2.54. The van der Waals surface area contributed by atoms with Crippen LogP contribution in [0.4, 0.5) is 11.4 Å². The summed E-state index contributed by atoms with van der Waals surface area (Å²) in [4.78, 5) is 12.4. The minimum absolute atomic E-state index is 0.143. The number of hydrogen-bond acceptors (Lipinski definition) is 2. The molecule has 20 heavy (non-hydrogen) atoms. The summed E-state index contributed by atoms with van der Waals surface area (Å²) >= 11 is 3.39. The van der Waals surface area contributed by atoms with Gasteiger partial charge < -0.3 is 11.1 Å². The predicted molar refractivity (Wildman–Crippen MR) is 87.2 cm³/mol. The van der Waals surface area contributed by atoms with Crippen molar-refractivity contribution in [2.75, 3.05) is 11.1 Å². The Labute approximate surface area is 127 Å². The third-order valence-electron chi connectivity index (χ3n) is 3.44. The van der Waals surface area contributed by atoms with E-state index < -0.39 is 0 Å². The molecule has 0 aromatic heterocycles. The van der Waals surface area contributed by atoms with Crippen LogP contribution in [0.5, 0.6) is 0 Å². The van der Waals surface area contributed by atoms with Crippen LogP contribution in [-0.2, 0) is 0 Å². The molecule has 3 nitrogen and oxygen atoms in total. The highest BCUT2D eigenvalue weighted by Crippen LogP contribution is 2.27. The minimum atomic E-state index is -0.143. The van der Waals surface area contributed by atoms with Crippen LogP contribution in [0.25, 0.3) is 0 Å². The first-order valence-corrected chi connectivity index (χ1v) is 7.12. The van der Waals surface area contributed by atoms with Crippen molar-refractivity contribution in [3.05, 3.63) is 57.1 Å². The average Bonchev–Trinajstić information content (AvgIpc) is 2.39. The summed E-state index contributed by atoms with van der Waals surface area (Å²) < 4.78 is 0.956. The highest BCUT2D eigenvalue weighted by atomic mass is 79.9. The third kappa shape index (κ3) is 2.85. The van der Waals surface area contributed by atoms with Gasteiger partial charge in [-0.05, 0) is 61.7 Å². The first kappa shape index (κ1) is 14.6. The molecule has 0 atom stereocenters. The number of rotatable bonds is 2. The summed E-state index contributed by atoms with van der Waals surface area (Å²) in [6.45, 7) is 5.86. The summed E-state index contributed by atoms with van der Waals surface area (Å²) in [5.41, 5.74) is 10.9. The van der Waals surface area contributed by atoms with Crippen LogP contribution in [0.1, 0.15) is 27.0 Å². The van der Waals surface area contributed by atoms with Gasteiger partial charge in [-0.3, -0.25) is 4.79 Å². The summed E-state index contributed by atoms with van der Waals surface area (Å²) in [5, 5.41) is 2.92. The molecule has 2 aromatic carbocycles. The third-order valence-corrected chi connectivity index (χ3v) is 3.93. The number of nitrogens with two attached hydrogens (primary N) is 1. The second kappa shape index (κ2) is 5.67. The molecule has 0 saturated carbocycles. The zero-order valence-corrected chi connectivity index (χ0v) is 13.3. The molecule has 3 N–H and O–H groups in total. The van der Waals surface area contributed by atoms with E-state index in [9.17, 15) is 4.79 Å². The van der Waals surface area contributed by atoms with E-state index >= 15 is 0 Å². The van der Waals surface area contributed by atoms with Gasteiger partial charge in [-0.15, -0.1) is 0 Å².